The van der Waals surface area contributed by atoms with E-state index >= 15 is 0 Å². The summed E-state index contributed by atoms with van der Waals surface area (Å²) in [7, 11) is 0. The first-order valence-electron chi connectivity index (χ1n) is 13.0. The molecule has 0 bridgehead atoms. The van der Waals surface area contributed by atoms with E-state index in [1.807, 2.05) is 6.92 Å². The van der Waals surface area contributed by atoms with Gasteiger partial charge in [0, 0.05) is 35.4 Å². The molecule has 0 saturated carbocycles. The Morgan fingerprint density at radius 3 is 1.44 bits per heavy atom. The number of nitro benzene ring substituents is 4. The van der Waals surface area contributed by atoms with Crippen molar-refractivity contribution >= 4 is 22.7 Å². The van der Waals surface area contributed by atoms with Crippen LogP contribution in [0.15, 0.2) is 95.8 Å². The van der Waals surface area contributed by atoms with Crippen LogP contribution in [0.25, 0.3) is 0 Å². The lowest BCUT2D eigenvalue weighted by atomic mass is 10.0. The van der Waals surface area contributed by atoms with Gasteiger partial charge in [0.15, 0.2) is 0 Å². The molecule has 0 N–H and O–H groups in total. The fraction of sp³-hybridized carbons (Fsp3) is 0.0606. The van der Waals surface area contributed by atoms with E-state index in [9.17, 15) is 40.5 Å². The van der Waals surface area contributed by atoms with Crippen LogP contribution in [-0.4, -0.2) is 19.7 Å². The second kappa shape index (κ2) is 13.7. The van der Waals surface area contributed by atoms with Crippen molar-refractivity contribution in [3.05, 3.63) is 164 Å². The van der Waals surface area contributed by atoms with Crippen molar-refractivity contribution in [1.82, 2.24) is 0 Å². The van der Waals surface area contributed by atoms with Crippen LogP contribution >= 0.6 is 0 Å². The Hall–Kier alpha value is -7.06. The highest BCUT2D eigenvalue weighted by atomic mass is 16.6. The van der Waals surface area contributed by atoms with Gasteiger partial charge in [0.05, 0.1) is 19.7 Å². The number of hydrogen-bond donors (Lipinski definition) is 0. The van der Waals surface area contributed by atoms with Gasteiger partial charge in [0.1, 0.15) is 22.3 Å². The largest absolute Gasteiger partial charge is 0.286 e. The summed E-state index contributed by atoms with van der Waals surface area (Å²) in [5.41, 5.74) is 1.08. The predicted octanol–water partition coefficient (Wildman–Crippen LogP) is 6.46. The van der Waals surface area contributed by atoms with E-state index < -0.39 is 53.6 Å². The average Bonchev–Trinajstić information content (AvgIpc) is 3.26. The molecule has 3 aromatic carbocycles. The van der Waals surface area contributed by atoms with Gasteiger partial charge < -0.3 is 0 Å². The summed E-state index contributed by atoms with van der Waals surface area (Å²) in [5.74, 6) is 15.3. The molecule has 1 aliphatic carbocycles. The molecule has 0 atom stereocenters. The molecule has 0 saturated heterocycles. The molecule has 0 heterocycles. The summed E-state index contributed by atoms with van der Waals surface area (Å²) in [6.45, 7) is 1.94. The molecule has 0 aromatic heterocycles. The van der Waals surface area contributed by atoms with Crippen molar-refractivity contribution < 1.29 is 19.7 Å². The minimum atomic E-state index is -0.832. The lowest BCUT2D eigenvalue weighted by Gasteiger charge is -2.01. The molecule has 0 aliphatic heterocycles. The van der Waals surface area contributed by atoms with E-state index in [1.165, 1.54) is 0 Å². The van der Waals surface area contributed by atoms with Crippen LogP contribution in [0.4, 0.5) is 22.7 Å². The summed E-state index contributed by atoms with van der Waals surface area (Å²) in [5, 5.41) is 47.4. The normalized spacial score (nSPS) is 11.2. The smallest absolute Gasteiger partial charge is 0.258 e. The van der Waals surface area contributed by atoms with Gasteiger partial charge >= 0.3 is 0 Å². The molecule has 0 amide bonds. The second-order valence-electron chi connectivity index (χ2n) is 9.06. The first-order valence-corrected chi connectivity index (χ1v) is 13.0. The number of nitro groups is 4. The summed E-state index contributed by atoms with van der Waals surface area (Å²) in [4.78, 5) is 44.2. The van der Waals surface area contributed by atoms with Crippen molar-refractivity contribution in [3.63, 3.8) is 0 Å². The zero-order valence-electron chi connectivity index (χ0n) is 23.3. The van der Waals surface area contributed by atoms with E-state index in [0.29, 0.717) is 11.1 Å². The van der Waals surface area contributed by atoms with Crippen molar-refractivity contribution in [3.8, 4) is 35.5 Å². The molecule has 12 nitrogen and oxygen atoms in total. The SMILES string of the molecule is CCC1=C=CC=C(C#Cc2cc([N+](=O)[O-])c(C#Cc3cc([N+](=O)[O-])c(C#Cc4ccccc4)cc3[N+](=O)[O-])cc2[N+](=O)[O-])C=C1. The van der Waals surface area contributed by atoms with E-state index in [0.717, 1.165) is 36.3 Å². The van der Waals surface area contributed by atoms with Gasteiger partial charge in [0.25, 0.3) is 22.7 Å². The number of hydrogen-bond acceptors (Lipinski definition) is 8. The Balaban J connectivity index is 1.82. The van der Waals surface area contributed by atoms with E-state index in [1.54, 1.807) is 54.6 Å². The highest BCUT2D eigenvalue weighted by Gasteiger charge is 2.25. The van der Waals surface area contributed by atoms with Crippen LogP contribution in [0.1, 0.15) is 41.2 Å². The van der Waals surface area contributed by atoms with Gasteiger partial charge in [-0.2, -0.15) is 0 Å². The molecule has 4 rings (SSSR count). The Kier molecular flexibility index (Phi) is 9.43. The molecule has 218 valence electrons. The highest BCUT2D eigenvalue weighted by molar-refractivity contribution is 5.69. The third-order valence-electron chi connectivity index (χ3n) is 6.18. The minimum absolute atomic E-state index is 0.249. The first kappa shape index (κ1) is 30.9. The molecule has 0 fully saturated rings. The second-order valence-corrected chi connectivity index (χ2v) is 9.06. The molecule has 0 radical (unpaired) electrons. The molecular formula is C33H18N4O8. The van der Waals surface area contributed by atoms with Crippen molar-refractivity contribution in [2.75, 3.05) is 0 Å². The highest BCUT2D eigenvalue weighted by Crippen LogP contribution is 2.30. The van der Waals surface area contributed by atoms with E-state index in [2.05, 4.69) is 41.3 Å². The van der Waals surface area contributed by atoms with Crippen LogP contribution < -0.4 is 0 Å². The van der Waals surface area contributed by atoms with Crippen LogP contribution in [0, 0.1) is 76.0 Å². The maximum atomic E-state index is 11.9. The predicted molar refractivity (Wildman–Crippen MR) is 164 cm³/mol. The van der Waals surface area contributed by atoms with Crippen LogP contribution in [0.3, 0.4) is 0 Å². The fourth-order valence-corrected chi connectivity index (χ4v) is 3.93. The van der Waals surface area contributed by atoms with Gasteiger partial charge in [-0.3, -0.25) is 40.5 Å². The lowest BCUT2D eigenvalue weighted by molar-refractivity contribution is -0.389. The van der Waals surface area contributed by atoms with E-state index in [-0.39, 0.29) is 11.1 Å². The molecule has 0 spiro atoms. The van der Waals surface area contributed by atoms with Gasteiger partial charge in [-0.25, -0.2) is 0 Å². The summed E-state index contributed by atoms with van der Waals surface area (Å²) in [6, 6.07) is 11.9. The molecular weight excluding hydrogens is 580 g/mol. The Labute approximate surface area is 255 Å². The Morgan fingerprint density at radius 1 is 0.600 bits per heavy atom. The van der Waals surface area contributed by atoms with Gasteiger partial charge in [-0.15, -0.1) is 5.73 Å². The van der Waals surface area contributed by atoms with Crippen LogP contribution in [-0.2, 0) is 0 Å². The maximum absolute atomic E-state index is 11.9. The van der Waals surface area contributed by atoms with Gasteiger partial charge in [-0.05, 0) is 42.4 Å². The molecule has 0 unspecified atom stereocenters. The van der Waals surface area contributed by atoms with Crippen molar-refractivity contribution in [2.24, 2.45) is 0 Å². The van der Waals surface area contributed by atoms with Gasteiger partial charge in [0.2, 0.25) is 0 Å². The van der Waals surface area contributed by atoms with Crippen molar-refractivity contribution in [2.45, 2.75) is 13.3 Å². The van der Waals surface area contributed by atoms with Crippen LogP contribution in [0.5, 0.6) is 0 Å². The number of rotatable bonds is 5. The zero-order valence-corrected chi connectivity index (χ0v) is 23.3. The third-order valence-corrected chi connectivity index (χ3v) is 6.18. The number of nitrogens with zero attached hydrogens (tertiary/aromatic N) is 4. The summed E-state index contributed by atoms with van der Waals surface area (Å²) in [6.07, 6.45) is 7.48. The molecule has 45 heavy (non-hydrogen) atoms. The summed E-state index contributed by atoms with van der Waals surface area (Å²) >= 11 is 0. The quantitative estimate of drug-likeness (QED) is 0.139. The summed E-state index contributed by atoms with van der Waals surface area (Å²) < 4.78 is 0. The molecule has 3 aromatic rings. The van der Waals surface area contributed by atoms with E-state index in [4.69, 9.17) is 0 Å². The topological polar surface area (TPSA) is 173 Å². The minimum Gasteiger partial charge on any atom is -0.258 e. The maximum Gasteiger partial charge on any atom is 0.286 e. The van der Waals surface area contributed by atoms with Gasteiger partial charge in [-0.1, -0.05) is 66.7 Å². The molecule has 12 heteroatoms. The first-order chi connectivity index (χ1) is 21.6. The zero-order chi connectivity index (χ0) is 32.5. The number of allylic oxidation sites excluding steroid dienone is 5. The fourth-order valence-electron chi connectivity index (χ4n) is 3.93. The Morgan fingerprint density at radius 2 is 1.02 bits per heavy atom. The lowest BCUT2D eigenvalue weighted by Crippen LogP contribution is -2.00. The third kappa shape index (κ3) is 7.62. The number of benzene rings is 3. The molecule has 1 aliphatic rings. The Bertz CT molecular complexity index is 2110. The standard InChI is InChI=1S/C33H18N4O8/c1-2-23-9-6-10-25(12-11-23)14-16-27-20-33(37(44)45)29(22-31(27)35(40)41)18-17-28-21-30(34(38)39)26(19-32(28)36(42)43)15-13-24-7-4-3-5-8-24/h3-8,10-12,19-22H,2H2,1H3. The average molecular weight is 599 g/mol. The monoisotopic (exact) mass is 598 g/mol. The van der Waals surface area contributed by atoms with Crippen LogP contribution in [0.2, 0.25) is 0 Å². The van der Waals surface area contributed by atoms with Crippen molar-refractivity contribution in [1.29, 1.82) is 0 Å².